The molecule has 8 heteroatoms. The molecular formula is C16H19N5O3. The lowest BCUT2D eigenvalue weighted by Crippen LogP contribution is -2.31. The molecule has 126 valence electrons. The van der Waals surface area contributed by atoms with Crippen molar-refractivity contribution in [3.63, 3.8) is 0 Å². The van der Waals surface area contributed by atoms with E-state index in [-0.39, 0.29) is 23.6 Å². The van der Waals surface area contributed by atoms with Gasteiger partial charge in [0.25, 0.3) is 5.91 Å². The van der Waals surface area contributed by atoms with E-state index in [4.69, 9.17) is 4.42 Å². The molecule has 1 aliphatic rings. The summed E-state index contributed by atoms with van der Waals surface area (Å²) in [6.07, 6.45) is 6.27. The van der Waals surface area contributed by atoms with Gasteiger partial charge in [0, 0.05) is 13.5 Å². The Balaban J connectivity index is 1.80. The monoisotopic (exact) mass is 329 g/mol. The molecule has 3 heterocycles. The Bertz CT molecular complexity index is 758. The topological polar surface area (TPSA) is 101 Å². The molecule has 3 rings (SSSR count). The zero-order valence-corrected chi connectivity index (χ0v) is 13.7. The predicted octanol–water partition coefficient (Wildman–Crippen LogP) is 1.39. The minimum Gasteiger partial charge on any atom is -0.438 e. The van der Waals surface area contributed by atoms with Gasteiger partial charge in [0.15, 0.2) is 6.39 Å². The Hall–Kier alpha value is -2.77. The Morgan fingerprint density at radius 3 is 2.96 bits per heavy atom. The van der Waals surface area contributed by atoms with Gasteiger partial charge in [0.05, 0.1) is 42.1 Å². The first-order valence-electron chi connectivity index (χ1n) is 7.82. The number of nitrogens with zero attached hydrogens (tertiary/aromatic N) is 4. The molecule has 1 unspecified atom stereocenters. The van der Waals surface area contributed by atoms with Crippen LogP contribution in [0.25, 0.3) is 0 Å². The molecule has 0 spiro atoms. The van der Waals surface area contributed by atoms with Crippen LogP contribution < -0.4 is 5.32 Å². The normalized spacial score (nSPS) is 17.1. The highest BCUT2D eigenvalue weighted by atomic mass is 16.3. The van der Waals surface area contributed by atoms with Crippen molar-refractivity contribution in [3.8, 4) is 0 Å². The zero-order chi connectivity index (χ0) is 17.1. The lowest BCUT2D eigenvalue weighted by atomic mass is 10.1. The number of amides is 2. The number of carbonyl (C=O) groups is 2. The van der Waals surface area contributed by atoms with Crippen LogP contribution in [0.15, 0.2) is 23.2 Å². The minimum absolute atomic E-state index is 0.124. The van der Waals surface area contributed by atoms with E-state index in [9.17, 15) is 9.59 Å². The van der Waals surface area contributed by atoms with Gasteiger partial charge >= 0.3 is 0 Å². The first-order chi connectivity index (χ1) is 11.6. The van der Waals surface area contributed by atoms with Gasteiger partial charge in [-0.05, 0) is 19.8 Å². The van der Waals surface area contributed by atoms with Crippen molar-refractivity contribution < 1.29 is 14.0 Å². The van der Waals surface area contributed by atoms with Crippen molar-refractivity contribution in [2.75, 3.05) is 6.54 Å². The maximum atomic E-state index is 12.7. The summed E-state index contributed by atoms with van der Waals surface area (Å²) in [7, 11) is 0. The summed E-state index contributed by atoms with van der Waals surface area (Å²) >= 11 is 0. The van der Waals surface area contributed by atoms with Crippen LogP contribution >= 0.6 is 0 Å². The minimum atomic E-state index is -0.179. The van der Waals surface area contributed by atoms with Crippen molar-refractivity contribution in [1.82, 2.24) is 25.2 Å². The highest BCUT2D eigenvalue weighted by Gasteiger charge is 2.34. The second-order valence-electron chi connectivity index (χ2n) is 5.77. The maximum absolute atomic E-state index is 12.7. The van der Waals surface area contributed by atoms with Crippen LogP contribution in [0.5, 0.6) is 0 Å². The molecule has 2 aromatic heterocycles. The van der Waals surface area contributed by atoms with E-state index in [1.165, 1.54) is 13.3 Å². The van der Waals surface area contributed by atoms with E-state index in [0.29, 0.717) is 24.5 Å². The Morgan fingerprint density at radius 1 is 1.42 bits per heavy atom. The molecule has 0 bridgehead atoms. The van der Waals surface area contributed by atoms with Gasteiger partial charge in [-0.3, -0.25) is 19.6 Å². The SMILES string of the molecule is CC(=O)NCc1cncc(C2CCCN2C(=O)c2ocnc2C)n1. The third-order valence-electron chi connectivity index (χ3n) is 4.02. The molecule has 2 amide bonds. The summed E-state index contributed by atoms with van der Waals surface area (Å²) in [5.41, 5.74) is 1.97. The molecule has 1 N–H and O–H groups in total. The average Bonchev–Trinajstić information content (AvgIpc) is 3.21. The molecule has 0 radical (unpaired) electrons. The molecule has 0 saturated carbocycles. The van der Waals surface area contributed by atoms with Gasteiger partial charge in [-0.1, -0.05) is 0 Å². The van der Waals surface area contributed by atoms with E-state index in [1.807, 2.05) is 0 Å². The standard InChI is InChI=1S/C16H19N5O3/c1-10-15(24-9-19-10)16(23)21-5-3-4-14(21)13-8-17-6-12(20-13)7-18-11(2)22/h6,8-9,14H,3-5,7H2,1-2H3,(H,18,22). The smallest absolute Gasteiger partial charge is 0.292 e. The zero-order valence-electron chi connectivity index (χ0n) is 13.7. The van der Waals surface area contributed by atoms with Gasteiger partial charge in [-0.15, -0.1) is 0 Å². The molecule has 1 atom stereocenters. The molecule has 8 nitrogen and oxygen atoms in total. The summed E-state index contributed by atoms with van der Waals surface area (Å²) in [5.74, 6) is -0.0357. The molecule has 0 aliphatic carbocycles. The van der Waals surface area contributed by atoms with Crippen molar-refractivity contribution >= 4 is 11.8 Å². The van der Waals surface area contributed by atoms with Crippen molar-refractivity contribution in [2.24, 2.45) is 0 Å². The fourth-order valence-electron chi connectivity index (χ4n) is 2.84. The number of nitrogens with one attached hydrogen (secondary N) is 1. The Kier molecular flexibility index (Phi) is 4.54. The summed E-state index contributed by atoms with van der Waals surface area (Å²) < 4.78 is 5.23. The van der Waals surface area contributed by atoms with Crippen LogP contribution in [0.3, 0.4) is 0 Å². The number of carbonyl (C=O) groups excluding carboxylic acids is 2. The van der Waals surface area contributed by atoms with Gasteiger partial charge in [-0.25, -0.2) is 4.98 Å². The van der Waals surface area contributed by atoms with E-state index in [0.717, 1.165) is 18.5 Å². The van der Waals surface area contributed by atoms with E-state index < -0.39 is 0 Å². The number of aromatic nitrogens is 3. The third-order valence-corrected chi connectivity index (χ3v) is 4.02. The van der Waals surface area contributed by atoms with Crippen LogP contribution in [0.4, 0.5) is 0 Å². The van der Waals surface area contributed by atoms with Crippen molar-refractivity contribution in [2.45, 2.75) is 39.3 Å². The number of hydrogen-bond acceptors (Lipinski definition) is 6. The predicted molar refractivity (Wildman–Crippen MR) is 83.8 cm³/mol. The number of rotatable bonds is 4. The second-order valence-corrected chi connectivity index (χ2v) is 5.77. The summed E-state index contributed by atoms with van der Waals surface area (Å²) in [4.78, 5) is 38.2. The molecule has 24 heavy (non-hydrogen) atoms. The Labute approximate surface area is 139 Å². The molecule has 1 fully saturated rings. The van der Waals surface area contributed by atoms with Crippen molar-refractivity contribution in [3.05, 3.63) is 41.6 Å². The van der Waals surface area contributed by atoms with E-state index >= 15 is 0 Å². The van der Waals surface area contributed by atoms with Crippen LogP contribution in [0.1, 0.15) is 53.4 Å². The summed E-state index contributed by atoms with van der Waals surface area (Å²) in [6.45, 7) is 4.16. The van der Waals surface area contributed by atoms with Gasteiger partial charge in [0.1, 0.15) is 0 Å². The van der Waals surface area contributed by atoms with E-state index in [2.05, 4.69) is 20.3 Å². The summed E-state index contributed by atoms with van der Waals surface area (Å²) in [6, 6.07) is -0.147. The van der Waals surface area contributed by atoms with Gasteiger partial charge in [0.2, 0.25) is 11.7 Å². The van der Waals surface area contributed by atoms with Gasteiger partial charge < -0.3 is 14.6 Å². The quantitative estimate of drug-likeness (QED) is 0.909. The van der Waals surface area contributed by atoms with Crippen LogP contribution in [0, 0.1) is 6.92 Å². The fraction of sp³-hybridized carbons (Fsp3) is 0.438. The molecule has 2 aromatic rings. The molecular weight excluding hydrogens is 310 g/mol. The van der Waals surface area contributed by atoms with E-state index in [1.54, 1.807) is 24.2 Å². The maximum Gasteiger partial charge on any atom is 0.292 e. The van der Waals surface area contributed by atoms with Gasteiger partial charge in [-0.2, -0.15) is 0 Å². The van der Waals surface area contributed by atoms with Crippen molar-refractivity contribution in [1.29, 1.82) is 0 Å². The van der Waals surface area contributed by atoms with Crippen LogP contribution in [-0.4, -0.2) is 38.2 Å². The lowest BCUT2D eigenvalue weighted by molar-refractivity contribution is -0.119. The Morgan fingerprint density at radius 2 is 2.25 bits per heavy atom. The number of aryl methyl sites for hydroxylation is 1. The second kappa shape index (κ2) is 6.77. The lowest BCUT2D eigenvalue weighted by Gasteiger charge is -2.23. The molecule has 0 aromatic carbocycles. The highest BCUT2D eigenvalue weighted by Crippen LogP contribution is 2.32. The summed E-state index contributed by atoms with van der Waals surface area (Å²) in [5, 5.41) is 2.70. The molecule has 1 aliphatic heterocycles. The first-order valence-corrected chi connectivity index (χ1v) is 7.82. The first kappa shape index (κ1) is 16.1. The fourth-order valence-corrected chi connectivity index (χ4v) is 2.84. The highest BCUT2D eigenvalue weighted by molar-refractivity contribution is 5.92. The third kappa shape index (κ3) is 3.27. The number of oxazole rings is 1. The number of likely N-dealkylation sites (tertiary alicyclic amines) is 1. The number of hydrogen-bond donors (Lipinski definition) is 1. The van der Waals surface area contributed by atoms with Crippen LogP contribution in [0.2, 0.25) is 0 Å². The molecule has 1 saturated heterocycles. The van der Waals surface area contributed by atoms with Crippen LogP contribution in [-0.2, 0) is 11.3 Å². The average molecular weight is 329 g/mol. The largest absolute Gasteiger partial charge is 0.438 e.